The third-order valence-corrected chi connectivity index (χ3v) is 3.82. The summed E-state index contributed by atoms with van der Waals surface area (Å²) in [6.45, 7) is 4.48. The van der Waals surface area contributed by atoms with Gasteiger partial charge in [0.1, 0.15) is 6.29 Å². The summed E-state index contributed by atoms with van der Waals surface area (Å²) in [6, 6.07) is 5.26. The molecule has 0 atom stereocenters. The van der Waals surface area contributed by atoms with Crippen LogP contribution in [0.1, 0.15) is 36.0 Å². The van der Waals surface area contributed by atoms with Gasteiger partial charge in [0.2, 0.25) is 0 Å². The molecular formula is C16H24NO3+. The van der Waals surface area contributed by atoms with Gasteiger partial charge in [-0.05, 0) is 37.5 Å². The zero-order chi connectivity index (χ0) is 14.2. The fourth-order valence-electron chi connectivity index (χ4n) is 2.68. The quantitative estimate of drug-likeness (QED) is 0.604. The summed E-state index contributed by atoms with van der Waals surface area (Å²) in [7, 11) is 1.59. The monoisotopic (exact) mass is 278 g/mol. The summed E-state index contributed by atoms with van der Waals surface area (Å²) in [6.07, 6.45) is 5.97. The Morgan fingerprint density at radius 3 is 2.70 bits per heavy atom. The maximum absolute atomic E-state index is 10.7. The van der Waals surface area contributed by atoms with Crippen LogP contribution in [0.4, 0.5) is 0 Å². The minimum atomic E-state index is 0.604. The number of hydrogen-bond acceptors (Lipinski definition) is 3. The molecule has 0 bridgehead atoms. The number of carbonyl (C=O) groups is 1. The van der Waals surface area contributed by atoms with Crippen molar-refractivity contribution in [3.8, 4) is 11.5 Å². The number of hydrogen-bond donors (Lipinski definition) is 1. The van der Waals surface area contributed by atoms with Gasteiger partial charge in [-0.3, -0.25) is 4.79 Å². The van der Waals surface area contributed by atoms with E-state index in [4.69, 9.17) is 9.47 Å². The number of nitrogens with one attached hydrogen (secondary N) is 1. The van der Waals surface area contributed by atoms with Crippen molar-refractivity contribution >= 4 is 6.29 Å². The van der Waals surface area contributed by atoms with Crippen LogP contribution in [0.25, 0.3) is 0 Å². The first kappa shape index (κ1) is 14.9. The van der Waals surface area contributed by atoms with Gasteiger partial charge in [0, 0.05) is 12.0 Å². The molecule has 1 aromatic rings. The van der Waals surface area contributed by atoms with Crippen LogP contribution in [0.2, 0.25) is 0 Å². The van der Waals surface area contributed by atoms with Crippen molar-refractivity contribution in [2.24, 2.45) is 0 Å². The van der Waals surface area contributed by atoms with Gasteiger partial charge in [-0.2, -0.15) is 0 Å². The lowest BCUT2D eigenvalue weighted by atomic mass is 10.1. The molecule has 4 heteroatoms. The second-order valence-corrected chi connectivity index (χ2v) is 5.29. The van der Waals surface area contributed by atoms with E-state index >= 15 is 0 Å². The lowest BCUT2D eigenvalue weighted by Gasteiger charge is -2.23. The largest absolute Gasteiger partial charge is 0.493 e. The van der Waals surface area contributed by atoms with E-state index in [2.05, 4.69) is 0 Å². The first-order valence-corrected chi connectivity index (χ1v) is 7.43. The predicted molar refractivity (Wildman–Crippen MR) is 77.9 cm³/mol. The highest BCUT2D eigenvalue weighted by Crippen LogP contribution is 2.27. The maximum Gasteiger partial charge on any atom is 0.161 e. The average Bonchev–Trinajstić information content (AvgIpc) is 2.52. The Bertz CT molecular complexity index is 428. The second-order valence-electron chi connectivity index (χ2n) is 5.29. The van der Waals surface area contributed by atoms with Crippen LogP contribution in [0, 0.1) is 0 Å². The van der Waals surface area contributed by atoms with E-state index in [0.29, 0.717) is 23.7 Å². The number of piperidine rings is 1. The molecule has 4 nitrogen and oxygen atoms in total. The van der Waals surface area contributed by atoms with Crippen molar-refractivity contribution in [3.05, 3.63) is 23.8 Å². The van der Waals surface area contributed by atoms with Crippen molar-refractivity contribution in [2.75, 3.05) is 33.4 Å². The SMILES string of the molecule is COc1cc(C=O)ccc1OCCC[NH+]1CCCCC1. The van der Waals surface area contributed by atoms with E-state index in [1.54, 1.807) is 30.2 Å². The van der Waals surface area contributed by atoms with Gasteiger partial charge in [0.25, 0.3) is 0 Å². The van der Waals surface area contributed by atoms with Gasteiger partial charge >= 0.3 is 0 Å². The number of quaternary nitrogens is 1. The van der Waals surface area contributed by atoms with Crippen molar-refractivity contribution in [3.63, 3.8) is 0 Å². The molecule has 1 fully saturated rings. The minimum Gasteiger partial charge on any atom is -0.493 e. The molecule has 110 valence electrons. The van der Waals surface area contributed by atoms with Crippen molar-refractivity contribution in [2.45, 2.75) is 25.7 Å². The van der Waals surface area contributed by atoms with E-state index in [9.17, 15) is 4.79 Å². The molecular weight excluding hydrogens is 254 g/mol. The number of aldehydes is 1. The zero-order valence-corrected chi connectivity index (χ0v) is 12.2. The molecule has 1 heterocycles. The Hall–Kier alpha value is -1.55. The smallest absolute Gasteiger partial charge is 0.161 e. The molecule has 1 aliphatic rings. The molecule has 0 radical (unpaired) electrons. The van der Waals surface area contributed by atoms with Gasteiger partial charge in [0.05, 0.1) is 33.4 Å². The number of rotatable bonds is 7. The molecule has 1 aromatic carbocycles. The van der Waals surface area contributed by atoms with E-state index < -0.39 is 0 Å². The van der Waals surface area contributed by atoms with Crippen LogP contribution in [0.15, 0.2) is 18.2 Å². The third kappa shape index (κ3) is 4.23. The van der Waals surface area contributed by atoms with Crippen LogP contribution in [-0.2, 0) is 0 Å². The van der Waals surface area contributed by atoms with Gasteiger partial charge in [-0.25, -0.2) is 0 Å². The number of benzene rings is 1. The first-order valence-electron chi connectivity index (χ1n) is 7.43. The maximum atomic E-state index is 10.7. The van der Waals surface area contributed by atoms with E-state index in [1.807, 2.05) is 0 Å². The molecule has 1 aliphatic heterocycles. The number of carbonyl (C=O) groups excluding carboxylic acids is 1. The van der Waals surface area contributed by atoms with Gasteiger partial charge in [-0.15, -0.1) is 0 Å². The summed E-state index contributed by atoms with van der Waals surface area (Å²) in [5.74, 6) is 1.34. The molecule has 0 aliphatic carbocycles. The van der Waals surface area contributed by atoms with Crippen LogP contribution >= 0.6 is 0 Å². The van der Waals surface area contributed by atoms with Gasteiger partial charge < -0.3 is 14.4 Å². The van der Waals surface area contributed by atoms with Crippen molar-refractivity contribution in [1.29, 1.82) is 0 Å². The molecule has 0 unspecified atom stereocenters. The van der Waals surface area contributed by atoms with Crippen LogP contribution < -0.4 is 14.4 Å². The van der Waals surface area contributed by atoms with E-state index in [1.165, 1.54) is 38.9 Å². The Morgan fingerprint density at radius 1 is 1.20 bits per heavy atom. The highest BCUT2D eigenvalue weighted by molar-refractivity contribution is 5.76. The molecule has 1 N–H and O–H groups in total. The Labute approximate surface area is 120 Å². The molecule has 20 heavy (non-hydrogen) atoms. The molecule has 0 amide bonds. The standard InChI is InChI=1S/C16H23NO3/c1-19-16-12-14(13-18)6-7-15(16)20-11-5-10-17-8-3-2-4-9-17/h6-7,12-13H,2-5,8-11H2,1H3/p+1. The van der Waals surface area contributed by atoms with Gasteiger partial charge in [-0.1, -0.05) is 0 Å². The topological polar surface area (TPSA) is 40.0 Å². The predicted octanol–water partition coefficient (Wildman–Crippen LogP) is 1.35. The number of methoxy groups -OCH3 is 1. The highest BCUT2D eigenvalue weighted by atomic mass is 16.5. The lowest BCUT2D eigenvalue weighted by Crippen LogP contribution is -3.12. The summed E-state index contributed by atoms with van der Waals surface area (Å²) >= 11 is 0. The Morgan fingerprint density at radius 2 is 2.00 bits per heavy atom. The zero-order valence-electron chi connectivity index (χ0n) is 12.2. The summed E-state index contributed by atoms with van der Waals surface area (Å²) in [5.41, 5.74) is 0.604. The summed E-state index contributed by atoms with van der Waals surface area (Å²) in [5, 5.41) is 0. The Balaban J connectivity index is 1.77. The van der Waals surface area contributed by atoms with Crippen molar-refractivity contribution in [1.82, 2.24) is 0 Å². The Kier molecular flexibility index (Phi) is 5.87. The van der Waals surface area contributed by atoms with Crippen LogP contribution in [0.3, 0.4) is 0 Å². The number of ether oxygens (including phenoxy) is 2. The van der Waals surface area contributed by atoms with Crippen molar-refractivity contribution < 1.29 is 19.2 Å². The second kappa shape index (κ2) is 7.90. The minimum absolute atomic E-state index is 0.604. The summed E-state index contributed by atoms with van der Waals surface area (Å²) in [4.78, 5) is 12.4. The molecule has 0 aromatic heterocycles. The van der Waals surface area contributed by atoms with E-state index in [0.717, 1.165) is 12.7 Å². The fraction of sp³-hybridized carbons (Fsp3) is 0.562. The molecule has 0 spiro atoms. The molecule has 1 saturated heterocycles. The normalized spacial score (nSPS) is 15.8. The van der Waals surface area contributed by atoms with E-state index in [-0.39, 0.29) is 0 Å². The fourth-order valence-corrected chi connectivity index (χ4v) is 2.68. The lowest BCUT2D eigenvalue weighted by molar-refractivity contribution is -0.905. The molecule has 0 saturated carbocycles. The molecule has 2 rings (SSSR count). The summed E-state index contributed by atoms with van der Waals surface area (Å²) < 4.78 is 11.0. The van der Waals surface area contributed by atoms with Crippen LogP contribution in [-0.4, -0.2) is 39.6 Å². The third-order valence-electron chi connectivity index (χ3n) is 3.82. The average molecular weight is 278 g/mol. The first-order chi connectivity index (χ1) is 9.83. The number of likely N-dealkylation sites (tertiary alicyclic amines) is 1. The van der Waals surface area contributed by atoms with Crippen LogP contribution in [0.5, 0.6) is 11.5 Å². The van der Waals surface area contributed by atoms with Gasteiger partial charge in [0.15, 0.2) is 11.5 Å². The highest BCUT2D eigenvalue weighted by Gasteiger charge is 2.13.